The van der Waals surface area contributed by atoms with Crippen molar-refractivity contribution in [2.45, 2.75) is 19.4 Å². The van der Waals surface area contributed by atoms with Crippen molar-refractivity contribution >= 4 is 5.91 Å². The second-order valence-electron chi connectivity index (χ2n) is 4.03. The molecule has 0 aliphatic rings. The molecule has 0 bridgehead atoms. The molecule has 0 aromatic heterocycles. The van der Waals surface area contributed by atoms with Crippen molar-refractivity contribution in [3.8, 4) is 0 Å². The van der Waals surface area contributed by atoms with Crippen LogP contribution in [-0.2, 0) is 11.2 Å². The minimum Gasteiger partial charge on any atom is -0.344 e. The maximum Gasteiger partial charge on any atom is 0.238 e. The molecule has 0 aliphatic carbocycles. The first-order valence-corrected chi connectivity index (χ1v) is 5.36. The van der Waals surface area contributed by atoms with Crippen LogP contribution in [0.1, 0.15) is 12.5 Å². The lowest BCUT2D eigenvalue weighted by Gasteiger charge is -2.19. The number of nitrogens with two attached hydrogens (primary N) is 1. The highest BCUT2D eigenvalue weighted by atomic mass is 19.1. The van der Waals surface area contributed by atoms with Gasteiger partial charge in [-0.1, -0.05) is 0 Å². The third-order valence-corrected chi connectivity index (χ3v) is 2.49. The Kier molecular flexibility index (Phi) is 4.57. The third-order valence-electron chi connectivity index (χ3n) is 2.49. The zero-order valence-corrected chi connectivity index (χ0v) is 9.91. The molecule has 1 amide bonds. The maximum absolute atomic E-state index is 13.3. The van der Waals surface area contributed by atoms with E-state index >= 15 is 0 Å². The summed E-state index contributed by atoms with van der Waals surface area (Å²) in [5.74, 6) is -1.17. The Hall–Kier alpha value is -1.49. The molecule has 1 aromatic carbocycles. The Bertz CT molecular complexity index is 407. The Morgan fingerprint density at radius 3 is 2.71 bits per heavy atom. The van der Waals surface area contributed by atoms with Crippen LogP contribution < -0.4 is 5.73 Å². The molecule has 1 unspecified atom stereocenters. The van der Waals surface area contributed by atoms with E-state index in [0.717, 1.165) is 18.2 Å². The van der Waals surface area contributed by atoms with Crippen LogP contribution >= 0.6 is 0 Å². The highest BCUT2D eigenvalue weighted by Crippen LogP contribution is 2.10. The van der Waals surface area contributed by atoms with Gasteiger partial charge in [-0.3, -0.25) is 4.79 Å². The normalized spacial score (nSPS) is 12.3. The maximum atomic E-state index is 13.3. The Labute approximate surface area is 99.2 Å². The molecule has 1 aromatic rings. The van der Waals surface area contributed by atoms with E-state index in [2.05, 4.69) is 0 Å². The van der Waals surface area contributed by atoms with Gasteiger partial charge in [-0.15, -0.1) is 0 Å². The number of hydrogen-bond donors (Lipinski definition) is 1. The van der Waals surface area contributed by atoms with Gasteiger partial charge < -0.3 is 10.6 Å². The average molecular weight is 242 g/mol. The van der Waals surface area contributed by atoms with Crippen LogP contribution in [0.2, 0.25) is 0 Å². The van der Waals surface area contributed by atoms with Crippen LogP contribution in [0.25, 0.3) is 0 Å². The summed E-state index contributed by atoms with van der Waals surface area (Å²) in [5.41, 5.74) is 5.69. The van der Waals surface area contributed by atoms with Crippen LogP contribution in [0.5, 0.6) is 0 Å². The largest absolute Gasteiger partial charge is 0.344 e. The van der Waals surface area contributed by atoms with Crippen LogP contribution in [-0.4, -0.2) is 30.4 Å². The number of likely N-dealkylation sites (N-methyl/N-ethyl adjacent to an activating group) is 1. The van der Waals surface area contributed by atoms with E-state index in [4.69, 9.17) is 5.73 Å². The second kappa shape index (κ2) is 5.72. The van der Waals surface area contributed by atoms with Gasteiger partial charge in [0.15, 0.2) is 0 Å². The summed E-state index contributed by atoms with van der Waals surface area (Å²) in [5, 5.41) is 0. The van der Waals surface area contributed by atoms with Gasteiger partial charge in [-0.05, 0) is 37.1 Å². The van der Waals surface area contributed by atoms with Gasteiger partial charge in [0.1, 0.15) is 11.6 Å². The molecule has 94 valence electrons. The van der Waals surface area contributed by atoms with E-state index in [0.29, 0.717) is 6.54 Å². The Balaban J connectivity index is 2.61. The molecule has 0 saturated carbocycles. The summed E-state index contributed by atoms with van der Waals surface area (Å²) in [7, 11) is 1.59. The second-order valence-corrected chi connectivity index (χ2v) is 4.03. The number of carbonyl (C=O) groups is 1. The molecular formula is C12H16F2N2O. The third kappa shape index (κ3) is 3.78. The van der Waals surface area contributed by atoms with Crippen molar-refractivity contribution in [1.29, 1.82) is 0 Å². The summed E-state index contributed by atoms with van der Waals surface area (Å²) >= 11 is 0. The summed E-state index contributed by atoms with van der Waals surface area (Å²) in [4.78, 5) is 12.9. The molecule has 0 fully saturated rings. The number of nitrogens with zero attached hydrogens (tertiary/aromatic N) is 1. The molecule has 0 spiro atoms. The first-order chi connectivity index (χ1) is 7.91. The first kappa shape index (κ1) is 13.6. The Morgan fingerprint density at radius 2 is 2.12 bits per heavy atom. The van der Waals surface area contributed by atoms with Crippen molar-refractivity contribution in [3.05, 3.63) is 35.4 Å². The number of carbonyl (C=O) groups excluding carboxylic acids is 1. The van der Waals surface area contributed by atoms with E-state index in [-0.39, 0.29) is 17.9 Å². The lowest BCUT2D eigenvalue weighted by atomic mass is 10.1. The zero-order chi connectivity index (χ0) is 13.0. The van der Waals surface area contributed by atoms with Crippen LogP contribution in [0, 0.1) is 11.6 Å². The summed E-state index contributed by atoms with van der Waals surface area (Å²) in [6.07, 6.45) is 0.262. The number of benzene rings is 1. The van der Waals surface area contributed by atoms with Crippen molar-refractivity contribution in [3.63, 3.8) is 0 Å². The molecule has 2 N–H and O–H groups in total. The molecule has 1 atom stereocenters. The van der Waals surface area contributed by atoms with E-state index in [1.165, 1.54) is 4.90 Å². The van der Waals surface area contributed by atoms with Gasteiger partial charge in [-0.25, -0.2) is 8.78 Å². The van der Waals surface area contributed by atoms with Crippen LogP contribution in [0.15, 0.2) is 18.2 Å². The SMILES string of the molecule is CC(N)C(=O)N(C)CCc1cc(F)ccc1F. The lowest BCUT2D eigenvalue weighted by molar-refractivity contribution is -0.130. The zero-order valence-electron chi connectivity index (χ0n) is 9.91. The van der Waals surface area contributed by atoms with Gasteiger partial charge in [0.05, 0.1) is 6.04 Å². The summed E-state index contributed by atoms with van der Waals surface area (Å²) in [6, 6.07) is 2.70. The van der Waals surface area contributed by atoms with Crippen LogP contribution in [0.4, 0.5) is 8.78 Å². The number of amides is 1. The number of halogens is 2. The molecule has 0 aliphatic heterocycles. The quantitative estimate of drug-likeness (QED) is 0.865. The van der Waals surface area contributed by atoms with Gasteiger partial charge in [0.25, 0.3) is 0 Å². The molecule has 1 rings (SSSR count). The molecule has 0 radical (unpaired) electrons. The molecule has 5 heteroatoms. The monoisotopic (exact) mass is 242 g/mol. The highest BCUT2D eigenvalue weighted by Gasteiger charge is 2.13. The van der Waals surface area contributed by atoms with Crippen molar-refractivity contribution in [2.75, 3.05) is 13.6 Å². The fraction of sp³-hybridized carbons (Fsp3) is 0.417. The standard InChI is InChI=1S/C12H16F2N2O/c1-8(15)12(17)16(2)6-5-9-7-10(13)3-4-11(9)14/h3-4,7-8H,5-6,15H2,1-2H3. The predicted molar refractivity (Wildman–Crippen MR) is 61.3 cm³/mol. The number of rotatable bonds is 4. The van der Waals surface area contributed by atoms with Gasteiger partial charge in [-0.2, -0.15) is 0 Å². The smallest absolute Gasteiger partial charge is 0.238 e. The van der Waals surface area contributed by atoms with Gasteiger partial charge in [0.2, 0.25) is 5.91 Å². The van der Waals surface area contributed by atoms with Gasteiger partial charge >= 0.3 is 0 Å². The topological polar surface area (TPSA) is 46.3 Å². The molecule has 3 nitrogen and oxygen atoms in total. The fourth-order valence-electron chi connectivity index (χ4n) is 1.48. The van der Waals surface area contributed by atoms with Crippen LogP contribution in [0.3, 0.4) is 0 Å². The van der Waals surface area contributed by atoms with Crippen molar-refractivity contribution in [2.24, 2.45) is 5.73 Å². The minimum absolute atomic E-state index is 0.221. The highest BCUT2D eigenvalue weighted by molar-refractivity contribution is 5.80. The first-order valence-electron chi connectivity index (χ1n) is 5.36. The molecule has 0 saturated heterocycles. The van der Waals surface area contributed by atoms with Gasteiger partial charge in [0, 0.05) is 13.6 Å². The summed E-state index contributed by atoms with van der Waals surface area (Å²) < 4.78 is 26.2. The Morgan fingerprint density at radius 1 is 1.47 bits per heavy atom. The van der Waals surface area contributed by atoms with Crippen molar-refractivity contribution in [1.82, 2.24) is 4.90 Å². The predicted octanol–water partition coefficient (Wildman–Crippen LogP) is 1.31. The summed E-state index contributed by atoms with van der Waals surface area (Å²) in [6.45, 7) is 1.89. The number of hydrogen-bond acceptors (Lipinski definition) is 2. The van der Waals surface area contributed by atoms with E-state index < -0.39 is 17.7 Å². The molecule has 17 heavy (non-hydrogen) atoms. The van der Waals surface area contributed by atoms with E-state index in [1.54, 1.807) is 14.0 Å². The van der Waals surface area contributed by atoms with Crippen molar-refractivity contribution < 1.29 is 13.6 Å². The average Bonchev–Trinajstić information content (AvgIpc) is 2.28. The van der Waals surface area contributed by atoms with E-state index in [9.17, 15) is 13.6 Å². The molecule has 0 heterocycles. The fourth-order valence-corrected chi connectivity index (χ4v) is 1.48. The lowest BCUT2D eigenvalue weighted by Crippen LogP contribution is -2.40. The minimum atomic E-state index is -0.586. The molecular weight excluding hydrogens is 226 g/mol. The van der Waals surface area contributed by atoms with E-state index in [1.807, 2.05) is 0 Å².